The maximum atomic E-state index is 11.7. The van der Waals surface area contributed by atoms with E-state index in [0.717, 1.165) is 0 Å². The third-order valence-corrected chi connectivity index (χ3v) is 3.90. The second-order valence-electron chi connectivity index (χ2n) is 3.89. The normalized spacial score (nSPS) is 13.7. The second-order valence-corrected chi connectivity index (χ2v) is 5.70. The Hall–Kier alpha value is -1.50. The van der Waals surface area contributed by atoms with Crippen molar-refractivity contribution in [2.24, 2.45) is 0 Å². The Kier molecular flexibility index (Phi) is 5.70. The lowest BCUT2D eigenvalue weighted by molar-refractivity contribution is 0.0948. The van der Waals surface area contributed by atoms with Gasteiger partial charge in [-0.2, -0.15) is 0 Å². The highest BCUT2D eigenvalue weighted by Crippen LogP contribution is 2.01. The van der Waals surface area contributed by atoms with Crippen molar-refractivity contribution in [1.29, 1.82) is 0 Å². The fourth-order valence-electron chi connectivity index (χ4n) is 1.24. The zero-order valence-electron chi connectivity index (χ0n) is 10.8. The quantitative estimate of drug-likeness (QED) is 0.782. The van der Waals surface area contributed by atoms with E-state index in [1.807, 2.05) is 6.92 Å². The number of hydrogen-bond donors (Lipinski definition) is 2. The van der Waals surface area contributed by atoms with Crippen molar-refractivity contribution in [3.8, 4) is 0 Å². The first-order valence-corrected chi connectivity index (χ1v) is 7.27. The van der Waals surface area contributed by atoms with E-state index < -0.39 is 10.8 Å². The van der Waals surface area contributed by atoms with E-state index in [0.29, 0.717) is 18.8 Å². The molecular formula is C11H18N4O2S. The monoisotopic (exact) mass is 270 g/mol. The van der Waals surface area contributed by atoms with Gasteiger partial charge in [0.2, 0.25) is 0 Å². The van der Waals surface area contributed by atoms with Crippen LogP contribution >= 0.6 is 0 Å². The SMILES string of the molecule is CNc1cncc(C(=O)NCCC(C)S(C)=O)n1. The van der Waals surface area contributed by atoms with Gasteiger partial charge in [-0.15, -0.1) is 0 Å². The van der Waals surface area contributed by atoms with Gasteiger partial charge in [0, 0.05) is 35.9 Å². The van der Waals surface area contributed by atoms with Crippen molar-refractivity contribution in [2.45, 2.75) is 18.6 Å². The third kappa shape index (κ3) is 4.40. The number of carbonyl (C=O) groups excluding carboxylic acids is 1. The number of hydrogen-bond acceptors (Lipinski definition) is 5. The van der Waals surface area contributed by atoms with E-state index in [2.05, 4.69) is 20.6 Å². The van der Waals surface area contributed by atoms with E-state index in [9.17, 15) is 9.00 Å². The van der Waals surface area contributed by atoms with Crippen molar-refractivity contribution in [3.05, 3.63) is 18.1 Å². The van der Waals surface area contributed by atoms with Crippen molar-refractivity contribution < 1.29 is 9.00 Å². The summed E-state index contributed by atoms with van der Waals surface area (Å²) in [5.41, 5.74) is 0.270. The first kappa shape index (κ1) is 14.6. The number of amides is 1. The molecule has 100 valence electrons. The molecule has 0 aliphatic carbocycles. The second kappa shape index (κ2) is 7.05. The highest BCUT2D eigenvalue weighted by atomic mass is 32.2. The Balaban J connectivity index is 2.47. The van der Waals surface area contributed by atoms with Crippen LogP contribution in [0.15, 0.2) is 12.4 Å². The van der Waals surface area contributed by atoms with Crippen LogP contribution in [-0.4, -0.2) is 45.2 Å². The molecule has 1 amide bonds. The van der Waals surface area contributed by atoms with E-state index in [1.165, 1.54) is 6.20 Å². The smallest absolute Gasteiger partial charge is 0.271 e. The van der Waals surface area contributed by atoms with E-state index in [1.54, 1.807) is 19.5 Å². The summed E-state index contributed by atoms with van der Waals surface area (Å²) in [6, 6.07) is 0. The molecule has 2 unspecified atom stereocenters. The van der Waals surface area contributed by atoms with Gasteiger partial charge < -0.3 is 10.6 Å². The van der Waals surface area contributed by atoms with Gasteiger partial charge in [-0.05, 0) is 6.42 Å². The maximum Gasteiger partial charge on any atom is 0.271 e. The minimum absolute atomic E-state index is 0.0695. The molecule has 0 saturated carbocycles. The van der Waals surface area contributed by atoms with Gasteiger partial charge in [0.15, 0.2) is 0 Å². The Labute approximate surface area is 109 Å². The van der Waals surface area contributed by atoms with E-state index in [-0.39, 0.29) is 16.9 Å². The van der Waals surface area contributed by atoms with Gasteiger partial charge in [0.05, 0.1) is 12.4 Å². The molecule has 0 aliphatic heterocycles. The summed E-state index contributed by atoms with van der Waals surface area (Å²) in [5, 5.41) is 5.62. The zero-order chi connectivity index (χ0) is 13.5. The molecule has 0 aromatic carbocycles. The topological polar surface area (TPSA) is 84.0 Å². The van der Waals surface area contributed by atoms with Gasteiger partial charge in [-0.1, -0.05) is 6.92 Å². The van der Waals surface area contributed by atoms with Crippen molar-refractivity contribution >= 4 is 22.5 Å². The van der Waals surface area contributed by atoms with E-state index in [4.69, 9.17) is 0 Å². The number of aromatic nitrogens is 2. The average Bonchev–Trinajstić information content (AvgIpc) is 2.38. The number of nitrogens with zero attached hydrogens (tertiary/aromatic N) is 2. The molecule has 1 aromatic heterocycles. The predicted molar refractivity (Wildman–Crippen MR) is 72.1 cm³/mol. The molecule has 0 radical (unpaired) electrons. The molecule has 0 bridgehead atoms. The minimum Gasteiger partial charge on any atom is -0.372 e. The first-order valence-electron chi connectivity index (χ1n) is 5.64. The summed E-state index contributed by atoms with van der Waals surface area (Å²) < 4.78 is 11.1. The van der Waals surface area contributed by atoms with Gasteiger partial charge in [-0.25, -0.2) is 4.98 Å². The number of anilines is 1. The molecule has 2 N–H and O–H groups in total. The summed E-state index contributed by atoms with van der Waals surface area (Å²) in [6.45, 7) is 2.37. The highest BCUT2D eigenvalue weighted by Gasteiger charge is 2.10. The molecule has 1 aromatic rings. The minimum atomic E-state index is -0.864. The molecule has 0 fully saturated rings. The molecule has 0 aliphatic rings. The number of carbonyl (C=O) groups is 1. The van der Waals surface area contributed by atoms with Gasteiger partial charge in [-0.3, -0.25) is 14.0 Å². The Morgan fingerprint density at radius 3 is 2.83 bits per heavy atom. The molecule has 18 heavy (non-hydrogen) atoms. The van der Waals surface area contributed by atoms with Crippen LogP contribution in [0.4, 0.5) is 5.82 Å². The van der Waals surface area contributed by atoms with Crippen LogP contribution < -0.4 is 10.6 Å². The summed E-state index contributed by atoms with van der Waals surface area (Å²) in [6.07, 6.45) is 5.29. The van der Waals surface area contributed by atoms with Crippen LogP contribution in [0.25, 0.3) is 0 Å². The van der Waals surface area contributed by atoms with Crippen LogP contribution in [0.2, 0.25) is 0 Å². The first-order chi connectivity index (χ1) is 8.54. The average molecular weight is 270 g/mol. The van der Waals surface area contributed by atoms with E-state index >= 15 is 0 Å². The number of nitrogens with one attached hydrogen (secondary N) is 2. The Bertz CT molecular complexity index is 439. The lowest BCUT2D eigenvalue weighted by Crippen LogP contribution is -2.28. The van der Waals surface area contributed by atoms with Crippen LogP contribution in [-0.2, 0) is 10.8 Å². The molecule has 0 saturated heterocycles. The molecular weight excluding hydrogens is 252 g/mol. The van der Waals surface area contributed by atoms with Crippen molar-refractivity contribution in [3.63, 3.8) is 0 Å². The van der Waals surface area contributed by atoms with Crippen LogP contribution in [0.1, 0.15) is 23.8 Å². The molecule has 0 spiro atoms. The summed E-state index contributed by atoms with van der Waals surface area (Å²) in [5.74, 6) is 0.277. The van der Waals surface area contributed by atoms with Crippen molar-refractivity contribution in [2.75, 3.05) is 25.2 Å². The fraction of sp³-hybridized carbons (Fsp3) is 0.545. The highest BCUT2D eigenvalue weighted by molar-refractivity contribution is 7.84. The molecule has 7 heteroatoms. The third-order valence-electron chi connectivity index (χ3n) is 2.53. The Morgan fingerprint density at radius 2 is 2.22 bits per heavy atom. The summed E-state index contributed by atoms with van der Waals surface area (Å²) in [7, 11) is 0.848. The van der Waals surface area contributed by atoms with Gasteiger partial charge in [0.25, 0.3) is 5.91 Å². The van der Waals surface area contributed by atoms with Crippen LogP contribution in [0, 0.1) is 0 Å². The van der Waals surface area contributed by atoms with Gasteiger partial charge >= 0.3 is 0 Å². The maximum absolute atomic E-state index is 11.7. The predicted octanol–water partition coefficient (Wildman–Crippen LogP) is 0.405. The lowest BCUT2D eigenvalue weighted by atomic mass is 10.3. The van der Waals surface area contributed by atoms with Gasteiger partial charge in [0.1, 0.15) is 11.5 Å². The Morgan fingerprint density at radius 1 is 1.50 bits per heavy atom. The van der Waals surface area contributed by atoms with Crippen LogP contribution in [0.5, 0.6) is 0 Å². The molecule has 2 atom stereocenters. The summed E-state index contributed by atoms with van der Waals surface area (Å²) in [4.78, 5) is 19.7. The fourth-order valence-corrected chi connectivity index (χ4v) is 1.69. The summed E-state index contributed by atoms with van der Waals surface area (Å²) >= 11 is 0. The van der Waals surface area contributed by atoms with Crippen LogP contribution in [0.3, 0.4) is 0 Å². The lowest BCUT2D eigenvalue weighted by Gasteiger charge is -2.09. The molecule has 1 heterocycles. The standard InChI is InChI=1S/C11H18N4O2S/c1-8(18(3)17)4-5-14-11(16)9-6-13-7-10(12-2)15-9/h6-8H,4-5H2,1-3H3,(H,12,15)(H,14,16). The largest absolute Gasteiger partial charge is 0.372 e. The molecule has 1 rings (SSSR count). The zero-order valence-corrected chi connectivity index (χ0v) is 11.6. The number of rotatable bonds is 6. The molecule has 6 nitrogen and oxygen atoms in total. The van der Waals surface area contributed by atoms with Crippen molar-refractivity contribution in [1.82, 2.24) is 15.3 Å².